The Bertz CT molecular complexity index is 555. The van der Waals surface area contributed by atoms with Gasteiger partial charge in [-0.1, -0.05) is 31.9 Å². The van der Waals surface area contributed by atoms with Crippen LogP contribution in [-0.4, -0.2) is 51.7 Å². The van der Waals surface area contributed by atoms with Crippen LogP contribution in [0.15, 0.2) is 12.2 Å². The maximum Gasteiger partial charge on any atom is 0.324 e. The highest BCUT2D eigenvalue weighted by molar-refractivity contribution is 6.04. The Morgan fingerprint density at radius 2 is 1.96 bits per heavy atom. The number of hydrogen-bond donors (Lipinski definition) is 3. The molecule has 0 radical (unpaired) electrons. The van der Waals surface area contributed by atoms with Gasteiger partial charge in [0.05, 0.1) is 6.10 Å². The second-order valence-corrected chi connectivity index (χ2v) is 7.87. The Labute approximate surface area is 160 Å². The van der Waals surface area contributed by atoms with E-state index in [0.717, 1.165) is 31.6 Å². The number of unbranched alkanes of at least 4 members (excludes halogenated alkanes) is 1. The SMILES string of the molecule is CC1CCC(C(O)CCN2C(=O)NC(=O)C2C/C=C\CCCC(=O)O)CC1. The molecule has 1 saturated heterocycles. The van der Waals surface area contributed by atoms with Gasteiger partial charge in [0.15, 0.2) is 0 Å². The molecule has 2 fully saturated rings. The first-order valence-corrected chi connectivity index (χ1v) is 10.0. The molecule has 2 atom stereocenters. The van der Waals surface area contributed by atoms with Crippen molar-refractivity contribution >= 4 is 17.9 Å². The summed E-state index contributed by atoms with van der Waals surface area (Å²) in [6, 6.07) is -0.944. The van der Waals surface area contributed by atoms with Gasteiger partial charge in [-0.25, -0.2) is 4.79 Å². The molecule has 7 nitrogen and oxygen atoms in total. The number of rotatable bonds is 10. The minimum atomic E-state index is -0.818. The topological polar surface area (TPSA) is 107 Å². The number of aliphatic carboxylic acids is 1. The lowest BCUT2D eigenvalue weighted by molar-refractivity contribution is -0.137. The summed E-state index contributed by atoms with van der Waals surface area (Å²) < 4.78 is 0. The van der Waals surface area contributed by atoms with Crippen LogP contribution in [0.3, 0.4) is 0 Å². The van der Waals surface area contributed by atoms with Gasteiger partial charge in [0.1, 0.15) is 6.04 Å². The van der Waals surface area contributed by atoms with Crippen molar-refractivity contribution in [1.29, 1.82) is 0 Å². The van der Waals surface area contributed by atoms with Gasteiger partial charge in [0, 0.05) is 13.0 Å². The molecule has 1 aliphatic carbocycles. The number of aliphatic hydroxyl groups excluding tert-OH is 1. The number of amides is 3. The molecule has 27 heavy (non-hydrogen) atoms. The molecular weight excluding hydrogens is 348 g/mol. The predicted octanol–water partition coefficient (Wildman–Crippen LogP) is 2.69. The average molecular weight is 380 g/mol. The van der Waals surface area contributed by atoms with Gasteiger partial charge >= 0.3 is 12.0 Å². The monoisotopic (exact) mass is 380 g/mol. The molecule has 1 aliphatic heterocycles. The summed E-state index contributed by atoms with van der Waals surface area (Å²) in [6.07, 6.45) is 9.77. The van der Waals surface area contributed by atoms with Crippen LogP contribution in [-0.2, 0) is 9.59 Å². The van der Waals surface area contributed by atoms with Crippen molar-refractivity contribution in [3.8, 4) is 0 Å². The van der Waals surface area contributed by atoms with Crippen LogP contribution in [0.25, 0.3) is 0 Å². The largest absolute Gasteiger partial charge is 0.481 e. The average Bonchev–Trinajstić information content (AvgIpc) is 2.89. The lowest BCUT2D eigenvalue weighted by atomic mass is 9.79. The normalized spacial score (nSPS) is 27.2. The standard InChI is InChI=1S/C20H32N2O5/c1-14-8-10-15(11-9-14)17(23)12-13-22-16(19(26)21-20(22)27)6-4-2-3-5-7-18(24)25/h2,4,14-17,23H,3,5-13H2,1H3,(H,24,25)(H,21,26,27)/b4-2-. The number of nitrogens with zero attached hydrogens (tertiary/aromatic N) is 1. The van der Waals surface area contributed by atoms with E-state index in [-0.39, 0.29) is 18.2 Å². The van der Waals surface area contributed by atoms with Crippen LogP contribution in [0.2, 0.25) is 0 Å². The van der Waals surface area contributed by atoms with Gasteiger partial charge < -0.3 is 15.1 Å². The lowest BCUT2D eigenvalue weighted by Gasteiger charge is -2.31. The molecular formula is C20H32N2O5. The van der Waals surface area contributed by atoms with E-state index in [1.807, 2.05) is 12.2 Å². The van der Waals surface area contributed by atoms with E-state index in [4.69, 9.17) is 5.11 Å². The number of carbonyl (C=O) groups excluding carboxylic acids is 2. The van der Waals surface area contributed by atoms with E-state index in [2.05, 4.69) is 12.2 Å². The van der Waals surface area contributed by atoms with Crippen molar-refractivity contribution in [2.75, 3.05) is 6.54 Å². The van der Waals surface area contributed by atoms with Crippen molar-refractivity contribution in [3.63, 3.8) is 0 Å². The molecule has 2 unspecified atom stereocenters. The van der Waals surface area contributed by atoms with Crippen molar-refractivity contribution in [3.05, 3.63) is 12.2 Å². The first kappa shape index (κ1) is 21.4. The van der Waals surface area contributed by atoms with Crippen LogP contribution in [0.5, 0.6) is 0 Å². The van der Waals surface area contributed by atoms with E-state index >= 15 is 0 Å². The second kappa shape index (κ2) is 10.4. The third kappa shape index (κ3) is 6.65. The Kier molecular flexibility index (Phi) is 8.28. The van der Waals surface area contributed by atoms with Crippen molar-refractivity contribution in [2.45, 2.75) is 76.9 Å². The third-order valence-electron chi connectivity index (χ3n) is 5.73. The number of carboxylic acid groups (broad SMARTS) is 1. The molecule has 0 aromatic heterocycles. The summed E-state index contributed by atoms with van der Waals surface area (Å²) in [6.45, 7) is 2.60. The number of nitrogens with one attached hydrogen (secondary N) is 1. The zero-order valence-electron chi connectivity index (χ0n) is 16.1. The molecule has 3 N–H and O–H groups in total. The highest BCUT2D eigenvalue weighted by atomic mass is 16.4. The molecule has 0 bridgehead atoms. The van der Waals surface area contributed by atoms with Crippen LogP contribution in [0, 0.1) is 11.8 Å². The summed E-state index contributed by atoms with van der Waals surface area (Å²) in [7, 11) is 0. The molecule has 0 aromatic carbocycles. The van der Waals surface area contributed by atoms with E-state index in [0.29, 0.717) is 32.2 Å². The fourth-order valence-electron chi connectivity index (χ4n) is 3.93. The Balaban J connectivity index is 1.78. The molecule has 7 heteroatoms. The van der Waals surface area contributed by atoms with Crippen LogP contribution in [0.1, 0.15) is 64.7 Å². The molecule has 2 aliphatic rings. The number of aliphatic hydroxyl groups is 1. The maximum atomic E-state index is 12.1. The predicted molar refractivity (Wildman–Crippen MR) is 101 cm³/mol. The van der Waals surface area contributed by atoms with Crippen molar-refractivity contribution in [1.82, 2.24) is 10.2 Å². The van der Waals surface area contributed by atoms with Gasteiger partial charge in [-0.3, -0.25) is 14.9 Å². The van der Waals surface area contributed by atoms with Gasteiger partial charge in [-0.15, -0.1) is 0 Å². The molecule has 2 rings (SSSR count). The number of carboxylic acids is 1. The fraction of sp³-hybridized carbons (Fsp3) is 0.750. The van der Waals surface area contributed by atoms with Crippen LogP contribution >= 0.6 is 0 Å². The second-order valence-electron chi connectivity index (χ2n) is 7.87. The number of urea groups is 1. The molecule has 1 heterocycles. The van der Waals surface area contributed by atoms with Gasteiger partial charge in [0.25, 0.3) is 5.91 Å². The number of allylic oxidation sites excluding steroid dienone is 1. The third-order valence-corrected chi connectivity index (χ3v) is 5.73. The van der Waals surface area contributed by atoms with Gasteiger partial charge in [-0.2, -0.15) is 0 Å². The summed E-state index contributed by atoms with van der Waals surface area (Å²) in [5, 5.41) is 21.4. The highest BCUT2D eigenvalue weighted by Gasteiger charge is 2.37. The van der Waals surface area contributed by atoms with Crippen LogP contribution < -0.4 is 5.32 Å². The maximum absolute atomic E-state index is 12.1. The highest BCUT2D eigenvalue weighted by Crippen LogP contribution is 2.31. The van der Waals surface area contributed by atoms with Crippen LogP contribution in [0.4, 0.5) is 4.79 Å². The first-order valence-electron chi connectivity index (χ1n) is 10.0. The minimum absolute atomic E-state index is 0.122. The molecule has 0 spiro atoms. The summed E-state index contributed by atoms with van der Waals surface area (Å²) in [5.74, 6) is -0.116. The number of carbonyl (C=O) groups is 3. The van der Waals surface area contributed by atoms with Crippen molar-refractivity contribution in [2.24, 2.45) is 11.8 Å². The quantitative estimate of drug-likeness (QED) is 0.307. The summed E-state index contributed by atoms with van der Waals surface area (Å²) in [5.41, 5.74) is 0. The Hall–Kier alpha value is -1.89. The summed E-state index contributed by atoms with van der Waals surface area (Å²) >= 11 is 0. The zero-order chi connectivity index (χ0) is 19.8. The smallest absolute Gasteiger partial charge is 0.324 e. The van der Waals surface area contributed by atoms with E-state index in [1.165, 1.54) is 4.90 Å². The Morgan fingerprint density at radius 1 is 1.26 bits per heavy atom. The zero-order valence-corrected chi connectivity index (χ0v) is 16.1. The van der Waals surface area contributed by atoms with Crippen molar-refractivity contribution < 1.29 is 24.6 Å². The van der Waals surface area contributed by atoms with Gasteiger partial charge in [-0.05, 0) is 50.4 Å². The van der Waals surface area contributed by atoms with E-state index < -0.39 is 24.1 Å². The summed E-state index contributed by atoms with van der Waals surface area (Å²) in [4.78, 5) is 36.1. The Morgan fingerprint density at radius 3 is 2.63 bits per heavy atom. The van der Waals surface area contributed by atoms with E-state index in [1.54, 1.807) is 0 Å². The number of imide groups is 1. The molecule has 3 amide bonds. The molecule has 1 saturated carbocycles. The first-order chi connectivity index (χ1) is 12.9. The number of hydrogen-bond acceptors (Lipinski definition) is 4. The minimum Gasteiger partial charge on any atom is -0.481 e. The molecule has 0 aromatic rings. The van der Waals surface area contributed by atoms with Gasteiger partial charge in [0.2, 0.25) is 0 Å². The fourth-order valence-corrected chi connectivity index (χ4v) is 3.93. The lowest BCUT2D eigenvalue weighted by Crippen LogP contribution is -2.38. The van der Waals surface area contributed by atoms with E-state index in [9.17, 15) is 19.5 Å². The molecule has 152 valence electrons.